The molecule has 0 aliphatic carbocycles. The molecule has 0 unspecified atom stereocenters. The average molecular weight is 267 g/mol. The number of nitrogens with one attached hydrogen (secondary N) is 2. The topological polar surface area (TPSA) is 61.4 Å². The van der Waals surface area contributed by atoms with Crippen LogP contribution in [0.4, 0.5) is 10.1 Å². The first-order valence-corrected chi connectivity index (χ1v) is 5.95. The van der Waals surface area contributed by atoms with Gasteiger partial charge in [0, 0.05) is 13.1 Å². The van der Waals surface area contributed by atoms with E-state index in [2.05, 4.69) is 10.6 Å². The second-order valence-corrected chi connectivity index (χ2v) is 4.36. The van der Waals surface area contributed by atoms with Crippen LogP contribution in [0.3, 0.4) is 0 Å². The molecule has 2 amide bonds. The minimum absolute atomic E-state index is 0.0774. The zero-order valence-electron chi connectivity index (χ0n) is 11.1. The number of benzene rings is 1. The third-order valence-electron chi connectivity index (χ3n) is 2.35. The van der Waals surface area contributed by atoms with Crippen LogP contribution in [0.25, 0.3) is 0 Å². The van der Waals surface area contributed by atoms with Crippen molar-refractivity contribution in [3.05, 3.63) is 30.1 Å². The Hall–Kier alpha value is -1.95. The number of carbonyl (C=O) groups is 2. The summed E-state index contributed by atoms with van der Waals surface area (Å²) in [5.74, 6) is -1.44. The molecule has 1 rings (SSSR count). The molecule has 0 saturated heterocycles. The van der Waals surface area contributed by atoms with Crippen LogP contribution in [-0.2, 0) is 9.59 Å². The van der Waals surface area contributed by atoms with Crippen molar-refractivity contribution in [1.29, 1.82) is 0 Å². The van der Waals surface area contributed by atoms with E-state index < -0.39 is 11.7 Å². The fourth-order valence-corrected chi connectivity index (χ4v) is 1.38. The van der Waals surface area contributed by atoms with Crippen molar-refractivity contribution in [2.24, 2.45) is 0 Å². The smallest absolute Gasteiger partial charge is 0.233 e. The summed E-state index contributed by atoms with van der Waals surface area (Å²) < 4.78 is 13.3. The van der Waals surface area contributed by atoms with E-state index in [1.165, 1.54) is 18.2 Å². The van der Waals surface area contributed by atoms with E-state index in [9.17, 15) is 14.0 Å². The largest absolute Gasteiger partial charge is 0.354 e. The highest BCUT2D eigenvalue weighted by atomic mass is 19.1. The van der Waals surface area contributed by atoms with Crippen LogP contribution in [-0.4, -0.2) is 43.9 Å². The molecule has 5 nitrogen and oxygen atoms in total. The van der Waals surface area contributed by atoms with Gasteiger partial charge in [-0.25, -0.2) is 4.39 Å². The highest BCUT2D eigenvalue weighted by molar-refractivity contribution is 6.03. The molecule has 1 aromatic carbocycles. The first-order chi connectivity index (χ1) is 8.99. The summed E-state index contributed by atoms with van der Waals surface area (Å²) in [7, 11) is 3.77. The van der Waals surface area contributed by atoms with Crippen LogP contribution in [0.2, 0.25) is 0 Å². The Morgan fingerprint density at radius 1 is 1.21 bits per heavy atom. The van der Waals surface area contributed by atoms with Gasteiger partial charge in [0.2, 0.25) is 11.8 Å². The van der Waals surface area contributed by atoms with Gasteiger partial charge in [0.05, 0.1) is 5.69 Å². The summed E-state index contributed by atoms with van der Waals surface area (Å²) in [6, 6.07) is 5.82. The highest BCUT2D eigenvalue weighted by Crippen LogP contribution is 2.12. The van der Waals surface area contributed by atoms with E-state index >= 15 is 0 Å². The molecule has 0 spiro atoms. The summed E-state index contributed by atoms with van der Waals surface area (Å²) in [6.45, 7) is 1.17. The molecule has 0 radical (unpaired) electrons. The van der Waals surface area contributed by atoms with Crippen LogP contribution < -0.4 is 10.6 Å². The second kappa shape index (κ2) is 7.48. The van der Waals surface area contributed by atoms with E-state index in [4.69, 9.17) is 0 Å². The van der Waals surface area contributed by atoms with Gasteiger partial charge in [-0.05, 0) is 26.2 Å². The standard InChI is InChI=1S/C13H18FN3O2/c1-17(2)8-7-15-12(18)9-13(19)16-11-6-4-3-5-10(11)14/h3-6H,7-9H2,1-2H3,(H,15,18)(H,16,19). The van der Waals surface area contributed by atoms with Gasteiger partial charge in [0.25, 0.3) is 0 Å². The van der Waals surface area contributed by atoms with Crippen LogP contribution in [0.1, 0.15) is 6.42 Å². The Bertz CT molecular complexity index is 449. The molecule has 0 atom stereocenters. The zero-order valence-corrected chi connectivity index (χ0v) is 11.1. The lowest BCUT2D eigenvalue weighted by atomic mass is 10.3. The van der Waals surface area contributed by atoms with Gasteiger partial charge in [0.15, 0.2) is 0 Å². The summed E-state index contributed by atoms with van der Waals surface area (Å²) in [5, 5.41) is 4.97. The number of amides is 2. The quantitative estimate of drug-likeness (QED) is 0.751. The van der Waals surface area contributed by atoms with Crippen molar-refractivity contribution >= 4 is 17.5 Å². The lowest BCUT2D eigenvalue weighted by Crippen LogP contribution is -2.33. The lowest BCUT2D eigenvalue weighted by Gasteiger charge is -2.10. The summed E-state index contributed by atoms with van der Waals surface area (Å²) in [6.07, 6.45) is -0.318. The molecule has 104 valence electrons. The van der Waals surface area contributed by atoms with Crippen molar-refractivity contribution in [2.45, 2.75) is 6.42 Å². The monoisotopic (exact) mass is 267 g/mol. The van der Waals surface area contributed by atoms with Gasteiger partial charge in [-0.15, -0.1) is 0 Å². The summed E-state index contributed by atoms with van der Waals surface area (Å²) >= 11 is 0. The number of nitrogens with zero attached hydrogens (tertiary/aromatic N) is 1. The van der Waals surface area contributed by atoms with Crippen molar-refractivity contribution in [3.8, 4) is 0 Å². The number of anilines is 1. The predicted molar refractivity (Wildman–Crippen MR) is 71.2 cm³/mol. The van der Waals surface area contributed by atoms with Crippen LogP contribution >= 0.6 is 0 Å². The minimum atomic E-state index is -0.535. The van der Waals surface area contributed by atoms with E-state index in [0.717, 1.165) is 0 Å². The Labute approximate surface area is 111 Å². The molecule has 0 aliphatic heterocycles. The third-order valence-corrected chi connectivity index (χ3v) is 2.35. The van der Waals surface area contributed by atoms with Crippen LogP contribution in [0.5, 0.6) is 0 Å². The Morgan fingerprint density at radius 3 is 2.53 bits per heavy atom. The van der Waals surface area contributed by atoms with Gasteiger partial charge < -0.3 is 15.5 Å². The second-order valence-electron chi connectivity index (χ2n) is 4.36. The van der Waals surface area contributed by atoms with Crippen molar-refractivity contribution < 1.29 is 14.0 Å². The fourth-order valence-electron chi connectivity index (χ4n) is 1.38. The Morgan fingerprint density at radius 2 is 1.89 bits per heavy atom. The van der Waals surface area contributed by atoms with Gasteiger partial charge >= 0.3 is 0 Å². The van der Waals surface area contributed by atoms with Crippen molar-refractivity contribution in [2.75, 3.05) is 32.5 Å². The molecule has 19 heavy (non-hydrogen) atoms. The molecular weight excluding hydrogens is 249 g/mol. The molecule has 0 bridgehead atoms. The number of para-hydroxylation sites is 1. The lowest BCUT2D eigenvalue weighted by molar-refractivity contribution is -0.126. The molecule has 6 heteroatoms. The van der Waals surface area contributed by atoms with Crippen molar-refractivity contribution in [1.82, 2.24) is 10.2 Å². The van der Waals surface area contributed by atoms with Gasteiger partial charge in [-0.3, -0.25) is 9.59 Å². The third kappa shape index (κ3) is 5.96. The molecule has 1 aromatic rings. The number of rotatable bonds is 6. The average Bonchev–Trinajstić information content (AvgIpc) is 2.31. The fraction of sp³-hybridized carbons (Fsp3) is 0.385. The van der Waals surface area contributed by atoms with Gasteiger partial charge in [-0.1, -0.05) is 12.1 Å². The van der Waals surface area contributed by atoms with E-state index in [-0.39, 0.29) is 18.0 Å². The maximum Gasteiger partial charge on any atom is 0.233 e. The highest BCUT2D eigenvalue weighted by Gasteiger charge is 2.11. The van der Waals surface area contributed by atoms with E-state index in [1.807, 2.05) is 19.0 Å². The predicted octanol–water partition coefficient (Wildman–Crippen LogP) is 0.832. The first-order valence-electron chi connectivity index (χ1n) is 5.95. The van der Waals surface area contributed by atoms with Crippen LogP contribution in [0.15, 0.2) is 24.3 Å². The zero-order chi connectivity index (χ0) is 14.3. The SMILES string of the molecule is CN(C)CCNC(=O)CC(=O)Nc1ccccc1F. The molecule has 0 aliphatic rings. The molecule has 0 aromatic heterocycles. The normalized spacial score (nSPS) is 10.3. The number of hydrogen-bond acceptors (Lipinski definition) is 3. The van der Waals surface area contributed by atoms with Gasteiger partial charge in [0.1, 0.15) is 12.2 Å². The first kappa shape index (κ1) is 15.1. The van der Waals surface area contributed by atoms with Crippen LogP contribution in [0, 0.1) is 5.82 Å². The maximum atomic E-state index is 13.3. The molecule has 0 heterocycles. The number of halogens is 1. The number of carbonyl (C=O) groups excluding carboxylic acids is 2. The van der Waals surface area contributed by atoms with E-state index in [0.29, 0.717) is 13.1 Å². The Kier molecular flexibility index (Phi) is 5.95. The molecule has 0 saturated carbocycles. The molecule has 0 fully saturated rings. The van der Waals surface area contributed by atoms with E-state index in [1.54, 1.807) is 6.07 Å². The molecular formula is C13H18FN3O2. The maximum absolute atomic E-state index is 13.3. The summed E-state index contributed by atoms with van der Waals surface area (Å²) in [4.78, 5) is 24.9. The number of likely N-dealkylation sites (N-methyl/N-ethyl adjacent to an activating group) is 1. The number of hydrogen-bond donors (Lipinski definition) is 2. The summed E-state index contributed by atoms with van der Waals surface area (Å²) in [5.41, 5.74) is 0.0774. The van der Waals surface area contributed by atoms with Gasteiger partial charge in [-0.2, -0.15) is 0 Å². The minimum Gasteiger partial charge on any atom is -0.354 e. The Balaban J connectivity index is 2.35. The molecule has 2 N–H and O–H groups in total. The van der Waals surface area contributed by atoms with Crippen molar-refractivity contribution in [3.63, 3.8) is 0 Å².